The van der Waals surface area contributed by atoms with Crippen molar-refractivity contribution in [3.8, 4) is 12.1 Å². The average Bonchev–Trinajstić information content (AvgIpc) is 3.43. The van der Waals surface area contributed by atoms with Crippen LogP contribution in [0.2, 0.25) is 0 Å². The number of amides is 1. The van der Waals surface area contributed by atoms with E-state index in [0.717, 1.165) is 54.9 Å². The number of carbonyl (C=O) groups is 1. The van der Waals surface area contributed by atoms with E-state index in [1.807, 2.05) is 24.3 Å². The number of carbonyl (C=O) groups excluding carboxylic acids is 1. The maximum atomic E-state index is 12.5. The summed E-state index contributed by atoms with van der Waals surface area (Å²) >= 11 is 0. The van der Waals surface area contributed by atoms with E-state index in [-0.39, 0.29) is 18.4 Å². The van der Waals surface area contributed by atoms with Gasteiger partial charge in [0.05, 0.1) is 24.2 Å². The molecule has 0 bridgehead atoms. The van der Waals surface area contributed by atoms with Gasteiger partial charge in [0, 0.05) is 55.6 Å². The van der Waals surface area contributed by atoms with Crippen LogP contribution < -0.4 is 20.3 Å². The van der Waals surface area contributed by atoms with Crippen LogP contribution in [0.15, 0.2) is 61.2 Å². The zero-order valence-electron chi connectivity index (χ0n) is 23.2. The van der Waals surface area contributed by atoms with Gasteiger partial charge < -0.3 is 25.2 Å². The molecule has 41 heavy (non-hydrogen) atoms. The molecular weight excluding hydrogens is 514 g/mol. The fourth-order valence-electron chi connectivity index (χ4n) is 6.46. The van der Waals surface area contributed by atoms with Gasteiger partial charge in [-0.2, -0.15) is 15.2 Å². The molecule has 1 amide bonds. The zero-order chi connectivity index (χ0) is 28.3. The van der Waals surface area contributed by atoms with Gasteiger partial charge in [0.25, 0.3) is 0 Å². The van der Waals surface area contributed by atoms with Gasteiger partial charge in [-0.1, -0.05) is 36.9 Å². The van der Waals surface area contributed by atoms with Gasteiger partial charge in [-0.15, -0.1) is 0 Å². The number of fused-ring (bicyclic) bond motifs is 2. The highest BCUT2D eigenvalue weighted by Gasteiger charge is 2.35. The number of ether oxygens (including phenoxy) is 1. The quantitative estimate of drug-likeness (QED) is 0.351. The summed E-state index contributed by atoms with van der Waals surface area (Å²) in [5.74, 6) is 0.709. The minimum atomic E-state index is -0.237. The molecule has 2 unspecified atom stereocenters. The van der Waals surface area contributed by atoms with Crippen molar-refractivity contribution in [3.05, 3.63) is 83.6 Å². The highest BCUT2D eigenvalue weighted by Crippen LogP contribution is 2.37. The predicted octanol–water partition coefficient (Wildman–Crippen LogP) is 3.67. The van der Waals surface area contributed by atoms with Crippen LogP contribution in [-0.2, 0) is 30.7 Å². The number of piperazine rings is 1. The van der Waals surface area contributed by atoms with Crippen molar-refractivity contribution in [1.82, 2.24) is 14.9 Å². The minimum absolute atomic E-state index is 0.144. The number of nitrogen functional groups attached to an aromatic ring is 1. The van der Waals surface area contributed by atoms with Crippen LogP contribution in [0.3, 0.4) is 0 Å². The van der Waals surface area contributed by atoms with E-state index >= 15 is 0 Å². The van der Waals surface area contributed by atoms with Crippen LogP contribution in [0.4, 0.5) is 17.2 Å². The SMILES string of the molecule is C=CC(=O)N1CCN(c2nc(OCc3cccc(N)c3)nc3c2CCC(N2CCc4ccccc42)C3)CC1CC#N. The van der Waals surface area contributed by atoms with Gasteiger partial charge in [0.1, 0.15) is 12.4 Å². The maximum absolute atomic E-state index is 12.5. The van der Waals surface area contributed by atoms with Gasteiger partial charge >= 0.3 is 6.01 Å². The molecule has 1 saturated heterocycles. The van der Waals surface area contributed by atoms with E-state index in [2.05, 4.69) is 46.7 Å². The number of nitrogens with zero attached hydrogens (tertiary/aromatic N) is 6. The van der Waals surface area contributed by atoms with E-state index in [1.165, 1.54) is 17.3 Å². The number of aromatic nitrogens is 2. The third kappa shape index (κ3) is 5.42. The van der Waals surface area contributed by atoms with Crippen molar-refractivity contribution >= 4 is 23.1 Å². The lowest BCUT2D eigenvalue weighted by Gasteiger charge is -2.42. The van der Waals surface area contributed by atoms with Crippen LogP contribution in [0, 0.1) is 11.3 Å². The van der Waals surface area contributed by atoms with Crippen LogP contribution >= 0.6 is 0 Å². The second-order valence-electron chi connectivity index (χ2n) is 11.0. The van der Waals surface area contributed by atoms with Crippen molar-refractivity contribution in [2.45, 2.75) is 50.8 Å². The zero-order valence-corrected chi connectivity index (χ0v) is 23.2. The molecule has 0 saturated carbocycles. The third-order valence-corrected chi connectivity index (χ3v) is 8.46. The molecule has 9 nitrogen and oxygen atoms in total. The lowest BCUT2D eigenvalue weighted by Crippen LogP contribution is -2.55. The summed E-state index contributed by atoms with van der Waals surface area (Å²) in [6.45, 7) is 6.61. The Labute approximate surface area is 240 Å². The summed E-state index contributed by atoms with van der Waals surface area (Å²) in [5, 5.41) is 9.49. The van der Waals surface area contributed by atoms with Crippen LogP contribution in [0.1, 0.15) is 35.2 Å². The number of benzene rings is 2. The van der Waals surface area contributed by atoms with E-state index in [1.54, 1.807) is 4.90 Å². The molecule has 210 valence electrons. The Morgan fingerprint density at radius 2 is 2.02 bits per heavy atom. The molecule has 2 aromatic carbocycles. The molecule has 0 spiro atoms. The molecule has 1 aromatic heterocycles. The first kappa shape index (κ1) is 26.6. The topological polar surface area (TPSA) is 112 Å². The normalized spacial score (nSPS) is 19.7. The summed E-state index contributed by atoms with van der Waals surface area (Å²) in [7, 11) is 0. The van der Waals surface area contributed by atoms with Crippen LogP contribution in [0.25, 0.3) is 0 Å². The minimum Gasteiger partial charge on any atom is -0.459 e. The van der Waals surface area contributed by atoms with Crippen LogP contribution in [0.5, 0.6) is 6.01 Å². The standard InChI is InChI=1S/C32H35N7O2/c1-2-30(40)39-17-16-37(20-26(39)12-14-33)31-27-11-10-25(38-15-13-23-7-3-4-9-29(23)38)19-28(27)35-32(36-31)41-21-22-6-5-8-24(34)18-22/h2-9,18,25-26H,1,10-13,15-17,19-21,34H2. The molecule has 3 aliphatic rings. The Bertz CT molecular complexity index is 1500. The summed E-state index contributed by atoms with van der Waals surface area (Å²) in [6.07, 6.45) is 5.32. The number of nitrogens with two attached hydrogens (primary N) is 1. The first-order valence-electron chi connectivity index (χ1n) is 14.3. The molecule has 3 aromatic rings. The predicted molar refractivity (Wildman–Crippen MR) is 159 cm³/mol. The summed E-state index contributed by atoms with van der Waals surface area (Å²) in [4.78, 5) is 28.9. The summed E-state index contributed by atoms with van der Waals surface area (Å²) in [6, 6.07) is 19.0. The van der Waals surface area contributed by atoms with E-state index in [4.69, 9.17) is 20.4 Å². The third-order valence-electron chi connectivity index (χ3n) is 8.46. The lowest BCUT2D eigenvalue weighted by atomic mass is 9.90. The average molecular weight is 550 g/mol. The molecule has 3 heterocycles. The highest BCUT2D eigenvalue weighted by molar-refractivity contribution is 5.87. The molecule has 1 fully saturated rings. The molecule has 9 heteroatoms. The largest absolute Gasteiger partial charge is 0.459 e. The van der Waals surface area contributed by atoms with Crippen molar-refractivity contribution in [2.75, 3.05) is 41.7 Å². The Balaban J connectivity index is 1.31. The Morgan fingerprint density at radius 1 is 1.15 bits per heavy atom. The van der Waals surface area contributed by atoms with Gasteiger partial charge in [0.15, 0.2) is 0 Å². The molecular formula is C32H35N7O2. The van der Waals surface area contributed by atoms with Crippen LogP contribution in [-0.4, -0.2) is 59.0 Å². The molecule has 6 rings (SSSR count). The van der Waals surface area contributed by atoms with E-state index in [0.29, 0.717) is 44.0 Å². The number of hydrogen-bond donors (Lipinski definition) is 1. The monoisotopic (exact) mass is 549 g/mol. The first-order valence-corrected chi connectivity index (χ1v) is 14.3. The van der Waals surface area contributed by atoms with Crippen molar-refractivity contribution in [3.63, 3.8) is 0 Å². The number of para-hydroxylation sites is 1. The Kier molecular flexibility index (Phi) is 7.47. The number of hydrogen-bond acceptors (Lipinski definition) is 8. The Hall–Kier alpha value is -4.58. The molecule has 0 radical (unpaired) electrons. The second kappa shape index (κ2) is 11.5. The fourth-order valence-corrected chi connectivity index (χ4v) is 6.46. The fraction of sp³-hybridized carbons (Fsp3) is 0.375. The van der Waals surface area contributed by atoms with Gasteiger partial charge in [-0.05, 0) is 54.7 Å². The second-order valence-corrected chi connectivity index (χ2v) is 11.0. The molecule has 2 N–H and O–H groups in total. The van der Waals surface area contributed by atoms with Gasteiger partial charge in [0.2, 0.25) is 5.91 Å². The molecule has 2 aliphatic heterocycles. The molecule has 1 aliphatic carbocycles. The van der Waals surface area contributed by atoms with E-state index in [9.17, 15) is 10.1 Å². The van der Waals surface area contributed by atoms with Crippen molar-refractivity contribution < 1.29 is 9.53 Å². The lowest BCUT2D eigenvalue weighted by molar-refractivity contribution is -0.128. The summed E-state index contributed by atoms with van der Waals surface area (Å²) < 4.78 is 6.16. The molecule has 2 atom stereocenters. The smallest absolute Gasteiger partial charge is 0.318 e. The number of nitriles is 1. The van der Waals surface area contributed by atoms with Gasteiger partial charge in [-0.25, -0.2) is 0 Å². The first-order chi connectivity index (χ1) is 20.0. The maximum Gasteiger partial charge on any atom is 0.318 e. The summed E-state index contributed by atoms with van der Waals surface area (Å²) in [5.41, 5.74) is 12.5. The van der Waals surface area contributed by atoms with Crippen molar-refractivity contribution in [1.29, 1.82) is 5.26 Å². The highest BCUT2D eigenvalue weighted by atomic mass is 16.5. The number of anilines is 3. The van der Waals surface area contributed by atoms with Gasteiger partial charge in [-0.3, -0.25) is 4.79 Å². The van der Waals surface area contributed by atoms with Crippen molar-refractivity contribution in [2.24, 2.45) is 0 Å². The number of rotatable bonds is 7. The Morgan fingerprint density at radius 3 is 2.85 bits per heavy atom. The van der Waals surface area contributed by atoms with E-state index < -0.39 is 0 Å².